The highest BCUT2D eigenvalue weighted by molar-refractivity contribution is 9.10. The molecular formula is C30H21BrF3N3O5S2. The maximum Gasteiger partial charge on any atom is 0.416 e. The van der Waals surface area contributed by atoms with E-state index in [9.17, 15) is 32.3 Å². The van der Waals surface area contributed by atoms with Gasteiger partial charge in [-0.1, -0.05) is 57.2 Å². The van der Waals surface area contributed by atoms with Crippen molar-refractivity contribution in [3.63, 3.8) is 0 Å². The Balaban J connectivity index is 1.38. The second kappa shape index (κ2) is 11.6. The van der Waals surface area contributed by atoms with Gasteiger partial charge in [0.15, 0.2) is 0 Å². The summed E-state index contributed by atoms with van der Waals surface area (Å²) in [5.41, 5.74) is 0.0902. The summed E-state index contributed by atoms with van der Waals surface area (Å²) in [5.74, 6) is -2.50. The van der Waals surface area contributed by atoms with Crippen LogP contribution in [0.4, 0.5) is 24.5 Å². The number of hydrogen-bond donors (Lipinski definition) is 1. The number of nitrogens with one attached hydrogen (secondary N) is 1. The van der Waals surface area contributed by atoms with Gasteiger partial charge in [0.25, 0.3) is 0 Å². The summed E-state index contributed by atoms with van der Waals surface area (Å²) in [6.07, 6.45) is -4.59. The first kappa shape index (κ1) is 30.2. The van der Waals surface area contributed by atoms with Crippen LogP contribution < -0.4 is 19.8 Å². The Bertz CT molecular complexity index is 1840. The molecule has 1 saturated heterocycles. The third-order valence-electron chi connectivity index (χ3n) is 7.38. The van der Waals surface area contributed by atoms with Gasteiger partial charge in [0.1, 0.15) is 17.5 Å². The first-order valence-electron chi connectivity index (χ1n) is 13.1. The molecule has 3 atom stereocenters. The van der Waals surface area contributed by atoms with Gasteiger partial charge < -0.3 is 10.1 Å². The van der Waals surface area contributed by atoms with Gasteiger partial charge >= 0.3 is 11.0 Å². The average Bonchev–Trinajstić information content (AvgIpc) is 3.43. The number of halogens is 4. The molecule has 1 N–H and O–H groups in total. The molecule has 2 aliphatic heterocycles. The lowest BCUT2D eigenvalue weighted by Crippen LogP contribution is -2.33. The zero-order chi connectivity index (χ0) is 31.3. The molecule has 2 aliphatic rings. The van der Waals surface area contributed by atoms with E-state index in [4.69, 9.17) is 4.74 Å². The van der Waals surface area contributed by atoms with Crippen molar-refractivity contribution >= 4 is 68.1 Å². The van der Waals surface area contributed by atoms with Crippen LogP contribution in [-0.4, -0.2) is 34.6 Å². The number of amides is 3. The van der Waals surface area contributed by atoms with Gasteiger partial charge in [-0.3, -0.25) is 23.7 Å². The lowest BCUT2D eigenvalue weighted by molar-refractivity contribution is -0.137. The largest absolute Gasteiger partial charge is 0.497 e. The van der Waals surface area contributed by atoms with E-state index in [1.54, 1.807) is 48.5 Å². The minimum atomic E-state index is -4.59. The molecule has 0 bridgehead atoms. The van der Waals surface area contributed by atoms with Gasteiger partial charge in [0.2, 0.25) is 17.7 Å². The number of ether oxygens (including phenoxy) is 1. The summed E-state index contributed by atoms with van der Waals surface area (Å²) in [5, 5.41) is 1.90. The molecule has 0 radical (unpaired) electrons. The van der Waals surface area contributed by atoms with Gasteiger partial charge in [-0.05, 0) is 60.2 Å². The number of carbonyl (C=O) groups excluding carboxylic acids is 3. The van der Waals surface area contributed by atoms with Crippen LogP contribution in [-0.2, 0) is 27.1 Å². The van der Waals surface area contributed by atoms with Crippen molar-refractivity contribution < 1.29 is 32.3 Å². The van der Waals surface area contributed by atoms with E-state index in [-0.39, 0.29) is 5.69 Å². The smallest absolute Gasteiger partial charge is 0.416 e. The molecule has 3 aromatic carbocycles. The molecule has 0 aliphatic carbocycles. The fourth-order valence-electron chi connectivity index (χ4n) is 5.39. The zero-order valence-electron chi connectivity index (χ0n) is 22.6. The number of anilines is 2. The molecule has 0 unspecified atom stereocenters. The molecule has 14 heteroatoms. The highest BCUT2D eigenvalue weighted by atomic mass is 79.9. The summed E-state index contributed by atoms with van der Waals surface area (Å²) in [6.45, 7) is -0.501. The number of carbonyl (C=O) groups is 3. The van der Waals surface area contributed by atoms with Crippen molar-refractivity contribution in [1.82, 2.24) is 4.57 Å². The van der Waals surface area contributed by atoms with E-state index in [1.807, 2.05) is 0 Å². The van der Waals surface area contributed by atoms with Crippen LogP contribution in [0.25, 0.3) is 0 Å². The first-order valence-corrected chi connectivity index (χ1v) is 15.6. The molecule has 1 fully saturated rings. The zero-order valence-corrected chi connectivity index (χ0v) is 25.9. The van der Waals surface area contributed by atoms with Crippen molar-refractivity contribution in [2.75, 3.05) is 17.3 Å². The van der Waals surface area contributed by atoms with Crippen molar-refractivity contribution in [2.24, 2.45) is 5.92 Å². The highest BCUT2D eigenvalue weighted by Crippen LogP contribution is 2.54. The standard InChI is InChI=1S/C30H21BrF3N3O5S2/c1-42-20-11-5-15(6-12-20)22-23-24(27(40)37(26(23)39)19-9-7-17(31)8-10-19)43-28-25(22)44-29(41)36(28)14-21(38)35-18-4-2-3-16(13-18)30(32,33)34/h2-13,22-24H,14H2,1H3,(H,35,38)/t22-,23+,24-/m0/s1. The molecule has 3 amide bonds. The number of rotatable bonds is 6. The van der Waals surface area contributed by atoms with Crippen LogP contribution in [0.5, 0.6) is 5.75 Å². The number of benzene rings is 3. The quantitative estimate of drug-likeness (QED) is 0.243. The Morgan fingerprint density at radius 2 is 1.70 bits per heavy atom. The minimum Gasteiger partial charge on any atom is -0.497 e. The monoisotopic (exact) mass is 703 g/mol. The maximum absolute atomic E-state index is 14.0. The molecule has 0 saturated carbocycles. The predicted octanol–water partition coefficient (Wildman–Crippen LogP) is 6.13. The van der Waals surface area contributed by atoms with Crippen LogP contribution in [0.3, 0.4) is 0 Å². The lowest BCUT2D eigenvalue weighted by Gasteiger charge is -2.30. The van der Waals surface area contributed by atoms with Gasteiger partial charge in [0.05, 0.1) is 29.3 Å². The molecular weight excluding hydrogens is 683 g/mol. The summed E-state index contributed by atoms with van der Waals surface area (Å²) >= 11 is 5.28. The number of alkyl halides is 3. The van der Waals surface area contributed by atoms with Crippen molar-refractivity contribution in [3.8, 4) is 5.75 Å². The fraction of sp³-hybridized carbons (Fsp3) is 0.200. The number of nitrogens with zero attached hydrogens (tertiary/aromatic N) is 2. The lowest BCUT2D eigenvalue weighted by atomic mass is 9.83. The molecule has 8 nitrogen and oxygen atoms in total. The Kier molecular flexibility index (Phi) is 7.92. The number of fused-ring (bicyclic) bond motifs is 2. The summed E-state index contributed by atoms with van der Waals surface area (Å²) in [6, 6.07) is 18.0. The Morgan fingerprint density at radius 1 is 1.00 bits per heavy atom. The van der Waals surface area contributed by atoms with Crippen LogP contribution in [0.15, 0.2) is 87.1 Å². The van der Waals surface area contributed by atoms with Crippen LogP contribution >= 0.6 is 39.0 Å². The van der Waals surface area contributed by atoms with E-state index >= 15 is 0 Å². The molecule has 4 aromatic rings. The predicted molar refractivity (Wildman–Crippen MR) is 163 cm³/mol. The van der Waals surface area contributed by atoms with E-state index in [2.05, 4.69) is 21.2 Å². The molecule has 0 spiro atoms. The van der Waals surface area contributed by atoms with Crippen LogP contribution in [0.1, 0.15) is 21.9 Å². The van der Waals surface area contributed by atoms with E-state index in [0.29, 0.717) is 26.9 Å². The maximum atomic E-state index is 14.0. The summed E-state index contributed by atoms with van der Waals surface area (Å²) in [4.78, 5) is 55.3. The topological polar surface area (TPSA) is 97.7 Å². The molecule has 44 heavy (non-hydrogen) atoms. The molecule has 6 rings (SSSR count). The van der Waals surface area contributed by atoms with Crippen molar-refractivity contribution in [1.29, 1.82) is 0 Å². The van der Waals surface area contributed by atoms with E-state index in [0.717, 1.165) is 44.6 Å². The third-order valence-corrected chi connectivity index (χ3v) is 10.5. The number of methoxy groups -OCH3 is 1. The summed E-state index contributed by atoms with van der Waals surface area (Å²) in [7, 11) is 1.52. The molecule has 1 aromatic heterocycles. The fourth-order valence-corrected chi connectivity index (χ4v) is 8.43. The van der Waals surface area contributed by atoms with Gasteiger partial charge in [-0.15, -0.1) is 0 Å². The van der Waals surface area contributed by atoms with Gasteiger partial charge in [-0.2, -0.15) is 13.2 Å². The number of aromatic nitrogens is 1. The van der Waals surface area contributed by atoms with E-state index < -0.39 is 58.0 Å². The Morgan fingerprint density at radius 3 is 2.36 bits per heavy atom. The van der Waals surface area contributed by atoms with Gasteiger partial charge in [-0.25, -0.2) is 4.90 Å². The molecule has 226 valence electrons. The van der Waals surface area contributed by atoms with Gasteiger partial charge in [0, 0.05) is 21.0 Å². The van der Waals surface area contributed by atoms with Crippen LogP contribution in [0.2, 0.25) is 0 Å². The van der Waals surface area contributed by atoms with Crippen molar-refractivity contribution in [2.45, 2.75) is 28.9 Å². The molecule has 3 heterocycles. The van der Waals surface area contributed by atoms with Crippen molar-refractivity contribution in [3.05, 3.63) is 103 Å². The Labute approximate surface area is 265 Å². The number of thiazole rings is 1. The van der Waals surface area contributed by atoms with E-state index in [1.165, 1.54) is 23.8 Å². The average molecular weight is 705 g/mol. The normalized spacial score (nSPS) is 19.5. The highest BCUT2D eigenvalue weighted by Gasteiger charge is 2.56. The number of thioether (sulfide) groups is 1. The SMILES string of the molecule is COc1ccc([C@@H]2c3sc(=O)n(CC(=O)Nc4cccc(C(F)(F)F)c4)c3S[C@@H]3C(=O)N(c4ccc(Br)cc4)C(=O)[C@H]23)cc1. The minimum absolute atomic E-state index is 0.0764. The second-order valence-corrected chi connectivity index (χ2v) is 13.1. The Hall–Kier alpha value is -3.88. The first-order chi connectivity index (χ1) is 21.0. The van der Waals surface area contributed by atoms with Crippen LogP contribution in [0, 0.1) is 5.92 Å². The second-order valence-electron chi connectivity index (χ2n) is 10.1. The number of imide groups is 1. The number of hydrogen-bond acceptors (Lipinski definition) is 7. The summed E-state index contributed by atoms with van der Waals surface area (Å²) < 4.78 is 46.8. The third kappa shape index (κ3) is 5.46.